The molecule has 6 heteroatoms. The maximum absolute atomic E-state index is 5.33. The molecule has 2 saturated heterocycles. The zero-order valence-electron chi connectivity index (χ0n) is 15.3. The molecule has 0 aliphatic carbocycles. The monoisotopic (exact) mass is 438 g/mol. The largest absolute Gasteiger partial charge is 0.380 e. The summed E-state index contributed by atoms with van der Waals surface area (Å²) in [5.41, 5.74) is 0.251. The third kappa shape index (κ3) is 6.05. The van der Waals surface area contributed by atoms with Crippen LogP contribution < -0.4 is 5.32 Å². The lowest BCUT2D eigenvalue weighted by Gasteiger charge is -2.37. The van der Waals surface area contributed by atoms with Crippen molar-refractivity contribution in [2.45, 2.75) is 34.1 Å². The molecule has 0 aromatic carbocycles. The zero-order valence-corrected chi connectivity index (χ0v) is 17.6. The van der Waals surface area contributed by atoms with Crippen LogP contribution >= 0.6 is 24.0 Å². The number of hydrogen-bond acceptors (Lipinski definition) is 3. The maximum Gasteiger partial charge on any atom is 0.193 e. The normalized spacial score (nSPS) is 23.6. The predicted molar refractivity (Wildman–Crippen MR) is 108 cm³/mol. The van der Waals surface area contributed by atoms with E-state index < -0.39 is 0 Å². The molecule has 0 amide bonds. The van der Waals surface area contributed by atoms with Crippen molar-refractivity contribution >= 4 is 29.9 Å². The quantitative estimate of drug-likeness (QED) is 0.376. The molecular formula is C17H35IN4O. The van der Waals surface area contributed by atoms with Crippen LogP contribution in [-0.2, 0) is 4.74 Å². The van der Waals surface area contributed by atoms with Crippen molar-refractivity contribution in [2.24, 2.45) is 16.3 Å². The van der Waals surface area contributed by atoms with Crippen molar-refractivity contribution in [3.8, 4) is 0 Å². The van der Waals surface area contributed by atoms with Gasteiger partial charge in [-0.3, -0.25) is 4.99 Å². The fourth-order valence-electron chi connectivity index (χ4n) is 3.25. The van der Waals surface area contributed by atoms with Gasteiger partial charge in [0.1, 0.15) is 0 Å². The van der Waals surface area contributed by atoms with E-state index in [1.165, 1.54) is 13.0 Å². The summed E-state index contributed by atoms with van der Waals surface area (Å²) in [4.78, 5) is 9.86. The Bertz CT molecular complexity index is 370. The molecule has 136 valence electrons. The van der Waals surface area contributed by atoms with Crippen molar-refractivity contribution in [3.63, 3.8) is 0 Å². The number of aliphatic imine (C=N–C) groups is 1. The number of hydrogen-bond donors (Lipinski definition) is 1. The average Bonchev–Trinajstić information content (AvgIpc) is 2.95. The van der Waals surface area contributed by atoms with E-state index in [4.69, 9.17) is 9.73 Å². The summed E-state index contributed by atoms with van der Waals surface area (Å²) >= 11 is 0. The lowest BCUT2D eigenvalue weighted by Crippen LogP contribution is -2.45. The van der Waals surface area contributed by atoms with Crippen molar-refractivity contribution < 1.29 is 4.74 Å². The zero-order chi connectivity index (χ0) is 16.0. The molecule has 1 unspecified atom stereocenters. The Labute approximate surface area is 159 Å². The highest BCUT2D eigenvalue weighted by atomic mass is 127. The van der Waals surface area contributed by atoms with Gasteiger partial charge in [0.25, 0.3) is 0 Å². The van der Waals surface area contributed by atoms with E-state index in [1.807, 2.05) is 0 Å². The fourth-order valence-corrected chi connectivity index (χ4v) is 3.25. The lowest BCUT2D eigenvalue weighted by molar-refractivity contribution is -0.0945. The van der Waals surface area contributed by atoms with Gasteiger partial charge in [-0.2, -0.15) is 0 Å². The first-order valence-electron chi connectivity index (χ1n) is 8.93. The van der Waals surface area contributed by atoms with Gasteiger partial charge in [0.2, 0.25) is 0 Å². The summed E-state index contributed by atoms with van der Waals surface area (Å²) in [5.74, 6) is 1.86. The van der Waals surface area contributed by atoms with Gasteiger partial charge < -0.3 is 19.9 Å². The summed E-state index contributed by atoms with van der Waals surface area (Å²) in [7, 11) is 0. The van der Waals surface area contributed by atoms with Gasteiger partial charge in [0.15, 0.2) is 5.96 Å². The second-order valence-electron chi connectivity index (χ2n) is 7.06. The van der Waals surface area contributed by atoms with Crippen molar-refractivity contribution in [2.75, 3.05) is 59.0 Å². The van der Waals surface area contributed by atoms with Crippen molar-refractivity contribution in [1.29, 1.82) is 0 Å². The third-order valence-electron chi connectivity index (χ3n) is 4.84. The predicted octanol–water partition coefficient (Wildman–Crippen LogP) is 2.27. The SMILES string of the molecule is CCNC(=NCC1(C)COC1)N1CCC(CN(CC)CC)C1.I. The highest BCUT2D eigenvalue weighted by Gasteiger charge is 2.34. The molecule has 0 aromatic rings. The Morgan fingerprint density at radius 3 is 2.52 bits per heavy atom. The molecule has 2 heterocycles. The first-order valence-corrected chi connectivity index (χ1v) is 8.93. The maximum atomic E-state index is 5.33. The Morgan fingerprint density at radius 2 is 2.00 bits per heavy atom. The van der Waals surface area contributed by atoms with Crippen LogP contribution in [0.2, 0.25) is 0 Å². The van der Waals surface area contributed by atoms with E-state index in [2.05, 4.69) is 42.8 Å². The molecule has 0 saturated carbocycles. The molecule has 1 atom stereocenters. The molecule has 2 rings (SSSR count). The van der Waals surface area contributed by atoms with Crippen LogP contribution in [0.15, 0.2) is 4.99 Å². The number of nitrogens with zero attached hydrogens (tertiary/aromatic N) is 3. The van der Waals surface area contributed by atoms with Gasteiger partial charge in [0.05, 0.1) is 19.8 Å². The van der Waals surface area contributed by atoms with Crippen LogP contribution in [0.5, 0.6) is 0 Å². The summed E-state index contributed by atoms with van der Waals surface area (Å²) < 4.78 is 5.33. The number of halogens is 1. The molecule has 1 N–H and O–H groups in total. The second kappa shape index (κ2) is 10.0. The minimum Gasteiger partial charge on any atom is -0.380 e. The molecule has 0 aromatic heterocycles. The number of rotatable bonds is 7. The van der Waals surface area contributed by atoms with Crippen molar-refractivity contribution in [3.05, 3.63) is 0 Å². The summed E-state index contributed by atoms with van der Waals surface area (Å²) in [6, 6.07) is 0. The smallest absolute Gasteiger partial charge is 0.193 e. The Balaban J connectivity index is 0.00000264. The van der Waals surface area contributed by atoms with E-state index >= 15 is 0 Å². The van der Waals surface area contributed by atoms with Crippen LogP contribution in [0, 0.1) is 11.3 Å². The van der Waals surface area contributed by atoms with E-state index in [1.54, 1.807) is 0 Å². The average molecular weight is 438 g/mol. The minimum absolute atomic E-state index is 0. The number of ether oxygens (including phenoxy) is 1. The Kier molecular flexibility index (Phi) is 9.15. The van der Waals surface area contributed by atoms with Gasteiger partial charge >= 0.3 is 0 Å². The second-order valence-corrected chi connectivity index (χ2v) is 7.06. The highest BCUT2D eigenvalue weighted by molar-refractivity contribution is 14.0. The summed E-state index contributed by atoms with van der Waals surface area (Å²) in [5, 5.41) is 3.47. The van der Waals surface area contributed by atoms with Gasteiger partial charge in [-0.15, -0.1) is 24.0 Å². The Morgan fingerprint density at radius 1 is 1.30 bits per heavy atom. The molecule has 2 aliphatic heterocycles. The van der Waals surface area contributed by atoms with E-state index in [0.29, 0.717) is 0 Å². The van der Waals surface area contributed by atoms with Crippen LogP contribution in [-0.4, -0.2) is 74.8 Å². The summed E-state index contributed by atoms with van der Waals surface area (Å²) in [6.45, 7) is 18.2. The van der Waals surface area contributed by atoms with Gasteiger partial charge in [-0.1, -0.05) is 20.8 Å². The number of guanidine groups is 1. The number of likely N-dealkylation sites (tertiary alicyclic amines) is 1. The van der Waals surface area contributed by atoms with Gasteiger partial charge in [-0.25, -0.2) is 0 Å². The Hall–Kier alpha value is -0.0800. The highest BCUT2D eigenvalue weighted by Crippen LogP contribution is 2.27. The standard InChI is InChI=1S/C17H34N4O.HI/c1-5-18-16(19-12-17(4)13-22-14-17)21-9-8-15(11-21)10-20(6-2)7-3;/h15H,5-14H2,1-4H3,(H,18,19);1H. The van der Waals surface area contributed by atoms with Gasteiger partial charge in [0, 0.05) is 31.6 Å². The number of nitrogens with one attached hydrogen (secondary N) is 1. The molecule has 2 aliphatic rings. The molecular weight excluding hydrogens is 403 g/mol. The molecule has 2 fully saturated rings. The molecule has 5 nitrogen and oxygen atoms in total. The fraction of sp³-hybridized carbons (Fsp3) is 0.941. The van der Waals surface area contributed by atoms with Crippen LogP contribution in [0.4, 0.5) is 0 Å². The first-order chi connectivity index (χ1) is 10.6. The van der Waals surface area contributed by atoms with Crippen LogP contribution in [0.1, 0.15) is 34.1 Å². The van der Waals surface area contributed by atoms with Crippen LogP contribution in [0.25, 0.3) is 0 Å². The van der Waals surface area contributed by atoms with E-state index in [-0.39, 0.29) is 29.4 Å². The molecule has 23 heavy (non-hydrogen) atoms. The minimum atomic E-state index is 0. The molecule has 0 spiro atoms. The van der Waals surface area contributed by atoms with E-state index in [9.17, 15) is 0 Å². The molecule has 0 radical (unpaired) electrons. The third-order valence-corrected chi connectivity index (χ3v) is 4.84. The molecule has 0 bridgehead atoms. The topological polar surface area (TPSA) is 40.1 Å². The first kappa shape index (κ1) is 21.0. The lowest BCUT2D eigenvalue weighted by atomic mass is 9.89. The summed E-state index contributed by atoms with van der Waals surface area (Å²) in [6.07, 6.45) is 1.28. The van der Waals surface area contributed by atoms with Crippen molar-refractivity contribution in [1.82, 2.24) is 15.1 Å². The van der Waals surface area contributed by atoms with E-state index in [0.717, 1.165) is 64.4 Å². The van der Waals surface area contributed by atoms with Gasteiger partial charge in [-0.05, 0) is 32.4 Å². The van der Waals surface area contributed by atoms with Crippen LogP contribution in [0.3, 0.4) is 0 Å².